The van der Waals surface area contributed by atoms with Gasteiger partial charge in [-0.15, -0.1) is 0 Å². The summed E-state index contributed by atoms with van der Waals surface area (Å²) in [6.45, 7) is 8.73. The van der Waals surface area contributed by atoms with Crippen molar-refractivity contribution in [1.29, 1.82) is 0 Å². The lowest BCUT2D eigenvalue weighted by molar-refractivity contribution is -0.177. The first-order chi connectivity index (χ1) is 23.0. The second-order valence-corrected chi connectivity index (χ2v) is 12.2. The van der Waals surface area contributed by atoms with E-state index in [-0.39, 0.29) is 5.97 Å². The lowest BCUT2D eigenvalue weighted by Crippen LogP contribution is -2.26. The minimum Gasteiger partial charge on any atom is -0.494 e. The highest BCUT2D eigenvalue weighted by atomic mass is 16.7. The first kappa shape index (κ1) is 37.8. The lowest BCUT2D eigenvalue weighted by Gasteiger charge is -2.21. The third kappa shape index (κ3) is 15.7. The molecule has 3 aromatic carbocycles. The number of carbonyl (C=O) groups is 1. The van der Waals surface area contributed by atoms with E-state index >= 15 is 0 Å². The van der Waals surface area contributed by atoms with Gasteiger partial charge in [0.25, 0.3) is 0 Å². The number of hydrogen-bond acceptors (Lipinski definition) is 6. The minimum atomic E-state index is -1.06. The molecule has 0 fully saturated rings. The topological polar surface area (TPSA) is 74.2 Å². The van der Waals surface area contributed by atoms with Gasteiger partial charge in [-0.2, -0.15) is 0 Å². The summed E-state index contributed by atoms with van der Waals surface area (Å²) in [7, 11) is 0. The van der Waals surface area contributed by atoms with Crippen LogP contribution < -0.4 is 14.2 Å². The van der Waals surface area contributed by atoms with Crippen molar-refractivity contribution < 1.29 is 28.8 Å². The van der Waals surface area contributed by atoms with Crippen LogP contribution in [0.15, 0.2) is 85.5 Å². The van der Waals surface area contributed by atoms with Gasteiger partial charge in [-0.1, -0.05) is 109 Å². The molecule has 0 aromatic heterocycles. The molecule has 0 saturated heterocycles. The quantitative estimate of drug-likeness (QED) is 0.0325. The summed E-state index contributed by atoms with van der Waals surface area (Å²) in [4.78, 5) is 12.6. The molecule has 0 aliphatic rings. The van der Waals surface area contributed by atoms with Crippen molar-refractivity contribution in [3.05, 3.63) is 102 Å². The summed E-state index contributed by atoms with van der Waals surface area (Å²) in [5.74, 6) is 1.60. The predicted molar refractivity (Wildman–Crippen MR) is 190 cm³/mol. The number of carbonyl (C=O) groups excluding carboxylic acids is 1. The van der Waals surface area contributed by atoms with Crippen LogP contribution in [0.1, 0.15) is 119 Å². The SMILES string of the molecule is C=CC(O)OC(CCCCCCCCCC)Oc1ccc(CCc2ccc(OC(=O)c3ccc(OCCCCCC)cc3)cc2)cc1. The van der Waals surface area contributed by atoms with E-state index < -0.39 is 12.6 Å². The number of rotatable bonds is 25. The summed E-state index contributed by atoms with van der Waals surface area (Å²) < 4.78 is 23.1. The maximum absolute atomic E-state index is 12.6. The van der Waals surface area contributed by atoms with Crippen molar-refractivity contribution in [2.24, 2.45) is 0 Å². The van der Waals surface area contributed by atoms with Crippen molar-refractivity contribution in [2.45, 2.75) is 123 Å². The maximum Gasteiger partial charge on any atom is 0.343 e. The third-order valence-corrected chi connectivity index (χ3v) is 8.17. The fourth-order valence-corrected chi connectivity index (χ4v) is 5.28. The molecule has 3 rings (SSSR count). The van der Waals surface area contributed by atoms with Crippen molar-refractivity contribution in [3.8, 4) is 17.2 Å². The van der Waals surface area contributed by atoms with Crippen LogP contribution in [-0.4, -0.2) is 30.3 Å². The highest BCUT2D eigenvalue weighted by molar-refractivity contribution is 5.91. The van der Waals surface area contributed by atoms with Gasteiger partial charge < -0.3 is 24.1 Å². The van der Waals surface area contributed by atoms with E-state index in [2.05, 4.69) is 32.6 Å². The Labute approximate surface area is 283 Å². The second kappa shape index (κ2) is 22.8. The van der Waals surface area contributed by atoms with Gasteiger partial charge in [0.1, 0.15) is 17.2 Å². The Morgan fingerprint density at radius 1 is 0.681 bits per heavy atom. The van der Waals surface area contributed by atoms with E-state index in [4.69, 9.17) is 18.9 Å². The van der Waals surface area contributed by atoms with Gasteiger partial charge in [-0.3, -0.25) is 0 Å². The van der Waals surface area contributed by atoms with E-state index in [1.807, 2.05) is 48.5 Å². The summed E-state index contributed by atoms with van der Waals surface area (Å²) in [5.41, 5.74) is 2.83. The van der Waals surface area contributed by atoms with Gasteiger partial charge in [-0.25, -0.2) is 4.79 Å². The van der Waals surface area contributed by atoms with E-state index in [9.17, 15) is 9.90 Å². The Hall–Kier alpha value is -3.61. The van der Waals surface area contributed by atoms with Crippen molar-refractivity contribution in [3.63, 3.8) is 0 Å². The van der Waals surface area contributed by atoms with Crippen LogP contribution >= 0.6 is 0 Å². The molecule has 0 aliphatic heterocycles. The van der Waals surface area contributed by atoms with Gasteiger partial charge in [0.15, 0.2) is 6.29 Å². The fraction of sp³-hybridized carbons (Fsp3) is 0.488. The number of benzene rings is 3. The monoisotopic (exact) mass is 644 g/mol. The lowest BCUT2D eigenvalue weighted by atomic mass is 10.0. The van der Waals surface area contributed by atoms with Gasteiger partial charge in [0, 0.05) is 6.42 Å². The van der Waals surface area contributed by atoms with E-state index in [0.29, 0.717) is 30.1 Å². The first-order valence-corrected chi connectivity index (χ1v) is 17.8. The summed E-state index contributed by atoms with van der Waals surface area (Å²) in [5, 5.41) is 9.97. The molecule has 0 amide bonds. The molecule has 6 heteroatoms. The van der Waals surface area contributed by atoms with Gasteiger partial charge in [-0.05, 0) is 91.4 Å². The molecule has 0 spiro atoms. The zero-order chi connectivity index (χ0) is 33.5. The molecule has 6 nitrogen and oxygen atoms in total. The normalized spacial score (nSPS) is 12.3. The highest BCUT2D eigenvalue weighted by Crippen LogP contribution is 2.21. The second-order valence-electron chi connectivity index (χ2n) is 12.2. The van der Waals surface area contributed by atoms with Crippen LogP contribution in [0.5, 0.6) is 17.2 Å². The summed E-state index contributed by atoms with van der Waals surface area (Å²) >= 11 is 0. The Morgan fingerprint density at radius 3 is 1.77 bits per heavy atom. The Kier molecular flexibility index (Phi) is 18.4. The number of aliphatic hydroxyl groups excluding tert-OH is 1. The van der Waals surface area contributed by atoms with Crippen LogP contribution in [0.2, 0.25) is 0 Å². The first-order valence-electron chi connectivity index (χ1n) is 17.8. The fourth-order valence-electron chi connectivity index (χ4n) is 5.28. The number of hydrogen-bond donors (Lipinski definition) is 1. The standard InChI is InChI=1S/C41H56O6/c1-4-7-9-11-12-13-14-15-17-40(47-39(42)6-3)45-37-26-20-33(21-27-37)18-19-34-22-28-38(29-23-34)46-41(43)35-24-30-36(31-25-35)44-32-16-10-8-5-2/h6,20-31,39-40,42H,3-5,7-19,32H2,1-2H3. The van der Waals surface area contributed by atoms with Crippen molar-refractivity contribution in [1.82, 2.24) is 0 Å². The molecule has 47 heavy (non-hydrogen) atoms. The van der Waals surface area contributed by atoms with Gasteiger partial charge in [0.05, 0.1) is 12.2 Å². The van der Waals surface area contributed by atoms with Crippen LogP contribution in [0.3, 0.4) is 0 Å². The molecule has 256 valence electrons. The van der Waals surface area contributed by atoms with E-state index in [1.54, 1.807) is 12.1 Å². The smallest absolute Gasteiger partial charge is 0.343 e. The number of esters is 1. The summed E-state index contributed by atoms with van der Waals surface area (Å²) in [6, 6.07) is 22.8. The van der Waals surface area contributed by atoms with Crippen LogP contribution in [0.4, 0.5) is 0 Å². The summed E-state index contributed by atoms with van der Waals surface area (Å²) in [6.07, 6.45) is 16.7. The Bertz CT molecular complexity index is 1250. The molecule has 1 N–H and O–H groups in total. The number of ether oxygens (including phenoxy) is 4. The molecule has 2 unspecified atom stereocenters. The molecule has 0 radical (unpaired) electrons. The number of aryl methyl sites for hydroxylation is 2. The Balaban J connectivity index is 1.40. The van der Waals surface area contributed by atoms with Crippen LogP contribution in [0, 0.1) is 0 Å². The van der Waals surface area contributed by atoms with Crippen LogP contribution in [0.25, 0.3) is 0 Å². The zero-order valence-corrected chi connectivity index (χ0v) is 28.7. The number of aliphatic hydroxyl groups is 1. The predicted octanol–water partition coefficient (Wildman–Crippen LogP) is 10.4. The molecule has 0 saturated carbocycles. The molecule has 0 aliphatic carbocycles. The zero-order valence-electron chi connectivity index (χ0n) is 28.7. The molecular weight excluding hydrogens is 588 g/mol. The Morgan fingerprint density at radius 2 is 1.19 bits per heavy atom. The van der Waals surface area contributed by atoms with Crippen molar-refractivity contribution in [2.75, 3.05) is 6.61 Å². The molecule has 3 aromatic rings. The third-order valence-electron chi connectivity index (χ3n) is 8.17. The minimum absolute atomic E-state index is 0.390. The average molecular weight is 645 g/mol. The molecule has 0 heterocycles. The van der Waals surface area contributed by atoms with Crippen LogP contribution in [-0.2, 0) is 17.6 Å². The van der Waals surface area contributed by atoms with Crippen molar-refractivity contribution >= 4 is 5.97 Å². The van der Waals surface area contributed by atoms with E-state index in [0.717, 1.165) is 43.4 Å². The highest BCUT2D eigenvalue weighted by Gasteiger charge is 2.15. The van der Waals surface area contributed by atoms with E-state index in [1.165, 1.54) is 69.4 Å². The largest absolute Gasteiger partial charge is 0.494 e. The maximum atomic E-state index is 12.6. The van der Waals surface area contributed by atoms with Gasteiger partial charge in [0.2, 0.25) is 6.29 Å². The molecule has 2 atom stereocenters. The number of unbranched alkanes of at least 4 members (excludes halogenated alkanes) is 10. The van der Waals surface area contributed by atoms with Gasteiger partial charge >= 0.3 is 5.97 Å². The average Bonchev–Trinajstić information content (AvgIpc) is 3.09. The molecule has 0 bridgehead atoms. The molecular formula is C41H56O6.